The number of nitrogens with zero attached hydrogens (tertiary/aromatic N) is 1. The molecule has 0 aromatic heterocycles. The van der Waals surface area contributed by atoms with Crippen LogP contribution in [-0.2, 0) is 32.1 Å². The quantitative estimate of drug-likeness (QED) is 0.344. The topological polar surface area (TPSA) is 108 Å². The van der Waals surface area contributed by atoms with Crippen LogP contribution in [0, 0.1) is 31.6 Å². The number of aryl methyl sites for hydroxylation is 2. The van der Waals surface area contributed by atoms with Crippen LogP contribution in [-0.4, -0.2) is 57.6 Å². The van der Waals surface area contributed by atoms with Gasteiger partial charge in [-0.15, -0.1) is 0 Å². The fourth-order valence-corrected chi connectivity index (χ4v) is 7.87. The highest BCUT2D eigenvalue weighted by molar-refractivity contribution is 6.04. The molecule has 3 amide bonds. The van der Waals surface area contributed by atoms with Crippen LogP contribution in [0.1, 0.15) is 42.5 Å². The molecule has 3 aromatic rings. The molecule has 3 fully saturated rings. The SMILES string of the molecule is Cc1ccc(C)c(NC(=O)C2N([C@@H](CO)Cc3ccccc3)C(=O)[C@@H]3[C@H](C(=O)NCc4ccccc4)[C@@]4(C)OC23CC4C)c1. The molecule has 6 rings (SSSR count). The van der Waals surface area contributed by atoms with Gasteiger partial charge in [0.25, 0.3) is 0 Å². The van der Waals surface area contributed by atoms with Crippen LogP contribution in [0.2, 0.25) is 0 Å². The van der Waals surface area contributed by atoms with Crippen LogP contribution in [0.3, 0.4) is 0 Å². The molecular weight excluding hydrogens is 554 g/mol. The molecule has 8 heteroatoms. The highest BCUT2D eigenvalue weighted by atomic mass is 16.5. The first-order chi connectivity index (χ1) is 21.1. The molecule has 1 spiro atoms. The Bertz CT molecular complexity index is 1560. The van der Waals surface area contributed by atoms with Crippen molar-refractivity contribution < 1.29 is 24.2 Å². The normalized spacial score (nSPS) is 29.4. The molecule has 3 N–H and O–H groups in total. The number of likely N-dealkylation sites (tertiary alicyclic amines) is 1. The van der Waals surface area contributed by atoms with Crippen molar-refractivity contribution in [2.45, 2.75) is 70.4 Å². The Morgan fingerprint density at radius 2 is 1.66 bits per heavy atom. The van der Waals surface area contributed by atoms with E-state index in [9.17, 15) is 19.5 Å². The van der Waals surface area contributed by atoms with Crippen molar-refractivity contribution in [3.05, 3.63) is 101 Å². The van der Waals surface area contributed by atoms with Gasteiger partial charge in [0, 0.05) is 12.2 Å². The van der Waals surface area contributed by atoms with Crippen LogP contribution >= 0.6 is 0 Å². The third-order valence-electron chi connectivity index (χ3n) is 10.2. The lowest BCUT2D eigenvalue weighted by molar-refractivity contribution is -0.149. The lowest BCUT2D eigenvalue weighted by Crippen LogP contribution is -2.57. The fourth-order valence-electron chi connectivity index (χ4n) is 7.87. The standard InChI is InChI=1S/C36H41N3O5/c1-22-15-16-23(2)28(17-22)38-33(42)31-36-19-24(3)35(4,44-36)29(32(41)37-20-26-13-9-6-10-14-26)30(36)34(43)39(31)27(21-40)18-25-11-7-5-8-12-25/h5-17,24,27,29-31,40H,18-21H2,1-4H3,(H,37,41)(H,38,42)/t24?,27-,29-,30+,31?,35+,36?/m1/s1. The summed E-state index contributed by atoms with van der Waals surface area (Å²) in [6.07, 6.45) is 0.810. The molecule has 7 atom stereocenters. The minimum absolute atomic E-state index is 0.0864. The zero-order valence-electron chi connectivity index (χ0n) is 25.7. The highest BCUT2D eigenvalue weighted by Crippen LogP contribution is 2.65. The predicted molar refractivity (Wildman–Crippen MR) is 167 cm³/mol. The largest absolute Gasteiger partial charge is 0.394 e. The van der Waals surface area contributed by atoms with E-state index in [0.29, 0.717) is 25.1 Å². The first-order valence-electron chi connectivity index (χ1n) is 15.5. The van der Waals surface area contributed by atoms with E-state index in [1.165, 1.54) is 4.90 Å². The molecule has 44 heavy (non-hydrogen) atoms. The van der Waals surface area contributed by atoms with Crippen molar-refractivity contribution in [1.82, 2.24) is 10.2 Å². The van der Waals surface area contributed by atoms with Gasteiger partial charge in [-0.05, 0) is 67.9 Å². The number of aliphatic hydroxyl groups excluding tert-OH is 1. The number of fused-ring (bicyclic) bond motifs is 1. The lowest BCUT2D eigenvalue weighted by Gasteiger charge is -2.37. The first-order valence-corrected chi connectivity index (χ1v) is 15.5. The molecule has 3 heterocycles. The average Bonchev–Trinajstić information content (AvgIpc) is 3.54. The molecule has 3 aromatic carbocycles. The van der Waals surface area contributed by atoms with Gasteiger partial charge in [0.1, 0.15) is 11.6 Å². The maximum atomic E-state index is 14.7. The highest BCUT2D eigenvalue weighted by Gasteiger charge is 2.80. The maximum absolute atomic E-state index is 14.7. The number of amides is 3. The summed E-state index contributed by atoms with van der Waals surface area (Å²) < 4.78 is 6.87. The average molecular weight is 596 g/mol. The Kier molecular flexibility index (Phi) is 7.84. The van der Waals surface area contributed by atoms with Crippen LogP contribution in [0.25, 0.3) is 0 Å². The molecule has 3 aliphatic heterocycles. The van der Waals surface area contributed by atoms with E-state index in [-0.39, 0.29) is 30.2 Å². The van der Waals surface area contributed by atoms with Gasteiger partial charge in [0.15, 0.2) is 0 Å². The molecule has 0 aliphatic carbocycles. The van der Waals surface area contributed by atoms with Gasteiger partial charge < -0.3 is 25.4 Å². The molecule has 2 bridgehead atoms. The Hall–Kier alpha value is -4.01. The third kappa shape index (κ3) is 4.90. The third-order valence-corrected chi connectivity index (χ3v) is 10.2. The van der Waals surface area contributed by atoms with Crippen molar-refractivity contribution in [3.63, 3.8) is 0 Å². The van der Waals surface area contributed by atoms with E-state index in [4.69, 9.17) is 4.74 Å². The number of aliphatic hydroxyl groups is 1. The van der Waals surface area contributed by atoms with E-state index >= 15 is 0 Å². The van der Waals surface area contributed by atoms with Crippen molar-refractivity contribution in [2.24, 2.45) is 17.8 Å². The molecule has 0 radical (unpaired) electrons. The number of carbonyl (C=O) groups is 3. The van der Waals surface area contributed by atoms with Crippen LogP contribution in [0.4, 0.5) is 5.69 Å². The molecule has 3 aliphatic rings. The summed E-state index contributed by atoms with van der Waals surface area (Å²) in [5, 5.41) is 16.9. The van der Waals surface area contributed by atoms with E-state index in [1.54, 1.807) is 0 Å². The summed E-state index contributed by atoms with van der Waals surface area (Å²) in [6.45, 7) is 7.80. The Balaban J connectivity index is 1.40. The Morgan fingerprint density at radius 1 is 1.00 bits per heavy atom. The molecule has 8 nitrogen and oxygen atoms in total. The van der Waals surface area contributed by atoms with E-state index in [0.717, 1.165) is 22.3 Å². The Morgan fingerprint density at radius 3 is 2.32 bits per heavy atom. The number of hydrogen-bond donors (Lipinski definition) is 3. The minimum atomic E-state index is -1.22. The zero-order valence-corrected chi connectivity index (χ0v) is 25.7. The van der Waals surface area contributed by atoms with Crippen LogP contribution in [0.5, 0.6) is 0 Å². The molecular formula is C36H41N3O5. The summed E-state index contributed by atoms with van der Waals surface area (Å²) in [5.41, 5.74) is 2.29. The molecule has 230 valence electrons. The second-order valence-corrected chi connectivity index (χ2v) is 13.0. The molecule has 3 unspecified atom stereocenters. The predicted octanol–water partition coefficient (Wildman–Crippen LogP) is 4.17. The van der Waals surface area contributed by atoms with Crippen molar-refractivity contribution in [1.29, 1.82) is 0 Å². The fraction of sp³-hybridized carbons (Fsp3) is 0.417. The minimum Gasteiger partial charge on any atom is -0.394 e. The van der Waals surface area contributed by atoms with E-state index in [2.05, 4.69) is 10.6 Å². The smallest absolute Gasteiger partial charge is 0.250 e. The lowest BCUT2D eigenvalue weighted by atomic mass is 9.62. The van der Waals surface area contributed by atoms with Gasteiger partial charge in [0.05, 0.1) is 30.1 Å². The van der Waals surface area contributed by atoms with E-state index < -0.39 is 35.1 Å². The number of rotatable bonds is 9. The number of benzene rings is 3. The summed E-state index contributed by atoms with van der Waals surface area (Å²) >= 11 is 0. The second kappa shape index (κ2) is 11.5. The van der Waals surface area contributed by atoms with E-state index in [1.807, 2.05) is 107 Å². The van der Waals surface area contributed by atoms with Gasteiger partial charge in [-0.2, -0.15) is 0 Å². The molecule has 0 saturated carbocycles. The Labute approximate surface area is 258 Å². The van der Waals surface area contributed by atoms with Crippen molar-refractivity contribution >= 4 is 23.4 Å². The van der Waals surface area contributed by atoms with Crippen molar-refractivity contribution in [3.8, 4) is 0 Å². The summed E-state index contributed by atoms with van der Waals surface area (Å²) in [4.78, 5) is 44.7. The molecule has 3 saturated heterocycles. The number of anilines is 1. The zero-order chi connectivity index (χ0) is 31.2. The van der Waals surface area contributed by atoms with Crippen LogP contribution < -0.4 is 10.6 Å². The monoisotopic (exact) mass is 595 g/mol. The van der Waals surface area contributed by atoms with Gasteiger partial charge in [-0.3, -0.25) is 14.4 Å². The van der Waals surface area contributed by atoms with Gasteiger partial charge in [-0.25, -0.2) is 0 Å². The number of nitrogens with one attached hydrogen (secondary N) is 2. The number of hydrogen-bond acceptors (Lipinski definition) is 5. The van der Waals surface area contributed by atoms with Gasteiger partial charge in [0.2, 0.25) is 17.7 Å². The maximum Gasteiger partial charge on any atom is 0.250 e. The summed E-state index contributed by atoms with van der Waals surface area (Å²) in [5.74, 6) is -2.70. The second-order valence-electron chi connectivity index (χ2n) is 13.0. The number of ether oxygens (including phenoxy) is 1. The van der Waals surface area contributed by atoms with Crippen molar-refractivity contribution in [2.75, 3.05) is 11.9 Å². The van der Waals surface area contributed by atoms with Gasteiger partial charge >= 0.3 is 0 Å². The summed E-state index contributed by atoms with van der Waals surface area (Å²) in [7, 11) is 0. The first kappa shape index (κ1) is 30.0. The summed E-state index contributed by atoms with van der Waals surface area (Å²) in [6, 6.07) is 23.4. The number of carbonyl (C=O) groups excluding carboxylic acids is 3. The van der Waals surface area contributed by atoms with Crippen LogP contribution in [0.15, 0.2) is 78.9 Å². The van der Waals surface area contributed by atoms with Gasteiger partial charge in [-0.1, -0.05) is 79.7 Å².